The predicted molar refractivity (Wildman–Crippen MR) is 66.4 cm³/mol. The molecule has 0 radical (unpaired) electrons. The molecule has 2 aromatic rings. The van der Waals surface area contributed by atoms with E-state index in [1.54, 1.807) is 18.2 Å². The Hall–Kier alpha value is -2.05. The molecule has 0 unspecified atom stereocenters. The number of carbonyl (C=O) groups is 1. The van der Waals surface area contributed by atoms with Crippen LogP contribution in [0.5, 0.6) is 0 Å². The van der Waals surface area contributed by atoms with Crippen LogP contribution in [-0.4, -0.2) is 29.0 Å². The summed E-state index contributed by atoms with van der Waals surface area (Å²) in [5.74, 6) is -0.495. The van der Waals surface area contributed by atoms with E-state index in [-0.39, 0.29) is 13.0 Å². The molecule has 0 saturated heterocycles. The molecule has 0 fully saturated rings. The standard InChI is InChI=1S/C13H13F3N2O2/c1-20-12(19)9-4-2-5-11-10(9)8-17-18(11)7-3-6-13(14,15)16/h2,4-5,8H,3,6-7H2,1H3. The van der Waals surface area contributed by atoms with Gasteiger partial charge in [0.15, 0.2) is 0 Å². The maximum Gasteiger partial charge on any atom is 0.389 e. The fraction of sp³-hybridized carbons (Fsp3) is 0.385. The van der Waals surface area contributed by atoms with Gasteiger partial charge in [-0.05, 0) is 18.6 Å². The number of aryl methyl sites for hydroxylation is 1. The number of alkyl halides is 3. The van der Waals surface area contributed by atoms with Gasteiger partial charge in [-0.1, -0.05) is 6.07 Å². The van der Waals surface area contributed by atoms with Crippen LogP contribution < -0.4 is 0 Å². The van der Waals surface area contributed by atoms with Crippen molar-refractivity contribution in [3.63, 3.8) is 0 Å². The number of methoxy groups -OCH3 is 1. The van der Waals surface area contributed by atoms with Crippen molar-refractivity contribution in [1.82, 2.24) is 9.78 Å². The van der Waals surface area contributed by atoms with Crippen molar-refractivity contribution in [2.75, 3.05) is 7.11 Å². The third kappa shape index (κ3) is 3.09. The van der Waals surface area contributed by atoms with Crippen molar-refractivity contribution in [1.29, 1.82) is 0 Å². The third-order valence-corrected chi connectivity index (χ3v) is 2.92. The molecule has 0 atom stereocenters. The fourth-order valence-electron chi connectivity index (χ4n) is 2.00. The number of rotatable bonds is 4. The highest BCUT2D eigenvalue weighted by Gasteiger charge is 2.26. The molecule has 0 aliphatic carbocycles. The summed E-state index contributed by atoms with van der Waals surface area (Å²) >= 11 is 0. The van der Waals surface area contributed by atoms with Crippen molar-refractivity contribution in [3.05, 3.63) is 30.0 Å². The van der Waals surface area contributed by atoms with Crippen LogP contribution >= 0.6 is 0 Å². The molecule has 0 spiro atoms. The molecule has 4 nitrogen and oxygen atoms in total. The zero-order valence-corrected chi connectivity index (χ0v) is 10.8. The van der Waals surface area contributed by atoms with Crippen LogP contribution in [0.4, 0.5) is 13.2 Å². The summed E-state index contributed by atoms with van der Waals surface area (Å²) in [6.07, 6.45) is -3.61. The number of fused-ring (bicyclic) bond motifs is 1. The first-order chi connectivity index (χ1) is 9.42. The number of nitrogens with zero attached hydrogens (tertiary/aromatic N) is 2. The molecule has 20 heavy (non-hydrogen) atoms. The molecule has 0 aliphatic heterocycles. The fourth-order valence-corrected chi connectivity index (χ4v) is 2.00. The lowest BCUT2D eigenvalue weighted by Gasteiger charge is -2.07. The lowest BCUT2D eigenvalue weighted by molar-refractivity contribution is -0.135. The number of benzene rings is 1. The molecule has 108 valence electrons. The van der Waals surface area contributed by atoms with Gasteiger partial charge in [0.1, 0.15) is 0 Å². The van der Waals surface area contributed by atoms with E-state index in [9.17, 15) is 18.0 Å². The summed E-state index contributed by atoms with van der Waals surface area (Å²) in [5.41, 5.74) is 0.974. The Morgan fingerprint density at radius 2 is 2.15 bits per heavy atom. The van der Waals surface area contributed by atoms with Crippen LogP contribution in [0.25, 0.3) is 10.9 Å². The maximum absolute atomic E-state index is 12.1. The van der Waals surface area contributed by atoms with Crippen LogP contribution in [0, 0.1) is 0 Å². The number of halogens is 3. The smallest absolute Gasteiger partial charge is 0.389 e. The van der Waals surface area contributed by atoms with E-state index in [1.807, 2.05) is 0 Å². The van der Waals surface area contributed by atoms with Crippen LogP contribution in [-0.2, 0) is 11.3 Å². The van der Waals surface area contributed by atoms with Gasteiger partial charge in [-0.3, -0.25) is 4.68 Å². The lowest BCUT2D eigenvalue weighted by Crippen LogP contribution is -2.09. The summed E-state index contributed by atoms with van der Waals surface area (Å²) < 4.78 is 42.5. The third-order valence-electron chi connectivity index (χ3n) is 2.92. The minimum absolute atomic E-state index is 0.0528. The van der Waals surface area contributed by atoms with E-state index < -0.39 is 18.6 Å². The number of esters is 1. The molecule has 0 saturated carbocycles. The SMILES string of the molecule is COC(=O)c1cccc2c1cnn2CCCC(F)(F)F. The highest BCUT2D eigenvalue weighted by atomic mass is 19.4. The Balaban J connectivity index is 2.22. The second-order valence-corrected chi connectivity index (χ2v) is 4.32. The van der Waals surface area contributed by atoms with E-state index in [1.165, 1.54) is 18.0 Å². The second-order valence-electron chi connectivity index (χ2n) is 4.32. The van der Waals surface area contributed by atoms with Crippen molar-refractivity contribution in [2.45, 2.75) is 25.6 Å². The minimum atomic E-state index is -4.17. The topological polar surface area (TPSA) is 44.1 Å². The quantitative estimate of drug-likeness (QED) is 0.811. The molecular weight excluding hydrogens is 273 g/mol. The zero-order chi connectivity index (χ0) is 14.8. The Morgan fingerprint density at radius 1 is 1.40 bits per heavy atom. The average Bonchev–Trinajstić information content (AvgIpc) is 2.80. The van der Waals surface area contributed by atoms with Gasteiger partial charge < -0.3 is 4.74 Å². The summed E-state index contributed by atoms with van der Waals surface area (Å²) in [4.78, 5) is 11.6. The normalized spacial score (nSPS) is 11.8. The summed E-state index contributed by atoms with van der Waals surface area (Å²) in [6.45, 7) is 0.146. The first-order valence-electron chi connectivity index (χ1n) is 6.02. The Bertz CT molecular complexity index is 620. The summed E-state index contributed by atoms with van der Waals surface area (Å²) in [7, 11) is 1.27. The molecule has 0 aliphatic rings. The highest BCUT2D eigenvalue weighted by Crippen LogP contribution is 2.23. The van der Waals surface area contributed by atoms with Crippen molar-refractivity contribution in [2.24, 2.45) is 0 Å². The molecule has 7 heteroatoms. The first-order valence-corrected chi connectivity index (χ1v) is 6.02. The monoisotopic (exact) mass is 286 g/mol. The Kier molecular flexibility index (Phi) is 3.96. The van der Waals surface area contributed by atoms with Crippen LogP contribution in [0.15, 0.2) is 24.4 Å². The molecule has 0 N–H and O–H groups in total. The number of ether oxygens (including phenoxy) is 1. The summed E-state index contributed by atoms with van der Waals surface area (Å²) in [6, 6.07) is 4.95. The van der Waals surface area contributed by atoms with Gasteiger partial charge in [-0.2, -0.15) is 18.3 Å². The van der Waals surface area contributed by atoms with Gasteiger partial charge in [0.2, 0.25) is 0 Å². The van der Waals surface area contributed by atoms with Gasteiger partial charge in [-0.25, -0.2) is 4.79 Å². The average molecular weight is 286 g/mol. The molecule has 1 aromatic heterocycles. The minimum Gasteiger partial charge on any atom is -0.465 e. The molecule has 1 heterocycles. The molecule has 0 amide bonds. The Morgan fingerprint density at radius 3 is 2.80 bits per heavy atom. The lowest BCUT2D eigenvalue weighted by atomic mass is 10.1. The summed E-state index contributed by atoms with van der Waals surface area (Å²) in [5, 5.41) is 4.61. The number of hydrogen-bond donors (Lipinski definition) is 0. The van der Waals surface area contributed by atoms with E-state index in [0.717, 1.165) is 0 Å². The maximum atomic E-state index is 12.1. The van der Waals surface area contributed by atoms with E-state index in [2.05, 4.69) is 9.84 Å². The van der Waals surface area contributed by atoms with E-state index in [0.29, 0.717) is 16.5 Å². The van der Waals surface area contributed by atoms with Gasteiger partial charge in [0, 0.05) is 18.4 Å². The zero-order valence-electron chi connectivity index (χ0n) is 10.8. The molecule has 0 bridgehead atoms. The number of carbonyl (C=O) groups excluding carboxylic acids is 1. The largest absolute Gasteiger partial charge is 0.465 e. The Labute approximate surface area is 113 Å². The predicted octanol–water partition coefficient (Wildman–Crippen LogP) is 3.17. The van der Waals surface area contributed by atoms with E-state index >= 15 is 0 Å². The van der Waals surface area contributed by atoms with Crippen LogP contribution in [0.2, 0.25) is 0 Å². The first kappa shape index (κ1) is 14.4. The number of aromatic nitrogens is 2. The van der Waals surface area contributed by atoms with Gasteiger partial charge in [-0.15, -0.1) is 0 Å². The van der Waals surface area contributed by atoms with Gasteiger partial charge >= 0.3 is 12.1 Å². The highest BCUT2D eigenvalue weighted by molar-refractivity contribution is 6.03. The molecular formula is C13H13F3N2O2. The van der Waals surface area contributed by atoms with Crippen LogP contribution in [0.3, 0.4) is 0 Å². The van der Waals surface area contributed by atoms with Crippen molar-refractivity contribution in [3.8, 4) is 0 Å². The van der Waals surface area contributed by atoms with E-state index in [4.69, 9.17) is 0 Å². The van der Waals surface area contributed by atoms with Crippen LogP contribution in [0.1, 0.15) is 23.2 Å². The molecule has 2 rings (SSSR count). The second kappa shape index (κ2) is 5.52. The molecule has 1 aromatic carbocycles. The van der Waals surface area contributed by atoms with Gasteiger partial charge in [0.05, 0.1) is 24.4 Å². The number of hydrogen-bond acceptors (Lipinski definition) is 3. The van der Waals surface area contributed by atoms with Crippen molar-refractivity contribution < 1.29 is 22.7 Å². The van der Waals surface area contributed by atoms with Gasteiger partial charge in [0.25, 0.3) is 0 Å². The van der Waals surface area contributed by atoms with Crippen molar-refractivity contribution >= 4 is 16.9 Å².